The molecule has 0 N–H and O–H groups in total. The molecule has 1 aliphatic heterocycles. The Labute approximate surface area is 133 Å². The van der Waals surface area contributed by atoms with E-state index in [1.54, 1.807) is 7.11 Å². The van der Waals surface area contributed by atoms with Crippen LogP contribution in [0.3, 0.4) is 0 Å². The van der Waals surface area contributed by atoms with Crippen LogP contribution >= 0.6 is 0 Å². The summed E-state index contributed by atoms with van der Waals surface area (Å²) in [7, 11) is -1.21. The number of hydrogen-bond donors (Lipinski definition) is 0. The second-order valence-electron chi connectivity index (χ2n) is 6.04. The zero-order valence-electron chi connectivity index (χ0n) is 13.4. The van der Waals surface area contributed by atoms with E-state index in [-0.39, 0.29) is 5.92 Å². The summed E-state index contributed by atoms with van der Waals surface area (Å²) in [6.45, 7) is 2.79. The molecule has 1 heterocycles. The minimum absolute atomic E-state index is 0.276. The predicted molar refractivity (Wildman–Crippen MR) is 90.9 cm³/mol. The van der Waals surface area contributed by atoms with Crippen LogP contribution in [0.2, 0.25) is 0 Å². The molecule has 5 heteroatoms. The van der Waals surface area contributed by atoms with Crippen LogP contribution in [-0.2, 0) is 9.84 Å². The number of methoxy groups -OCH3 is 1. The third-order valence-corrected chi connectivity index (χ3v) is 5.01. The molecule has 122 valence electrons. The van der Waals surface area contributed by atoms with Gasteiger partial charge in [-0.1, -0.05) is 24.3 Å². The van der Waals surface area contributed by atoms with Gasteiger partial charge in [-0.25, -0.2) is 8.42 Å². The maximum Gasteiger partial charge on any atom is 0.147 e. The largest absolute Gasteiger partial charge is 0.497 e. The molecule has 0 amide bonds. The number of benzene rings is 1. The first-order valence-electron chi connectivity index (χ1n) is 7.67. The van der Waals surface area contributed by atoms with E-state index in [2.05, 4.69) is 17.1 Å². The van der Waals surface area contributed by atoms with Crippen molar-refractivity contribution in [2.45, 2.75) is 12.8 Å². The number of likely N-dealkylation sites (tertiary alicyclic amines) is 1. The first-order chi connectivity index (χ1) is 10.5. The van der Waals surface area contributed by atoms with Crippen molar-refractivity contribution in [3.63, 3.8) is 0 Å². The van der Waals surface area contributed by atoms with Gasteiger partial charge in [0.05, 0.1) is 12.9 Å². The van der Waals surface area contributed by atoms with Gasteiger partial charge in [-0.15, -0.1) is 0 Å². The maximum absolute atomic E-state index is 11.4. The van der Waals surface area contributed by atoms with Crippen LogP contribution in [0.25, 0.3) is 6.08 Å². The fourth-order valence-electron chi connectivity index (χ4n) is 2.93. The minimum atomic E-state index is -2.87. The average Bonchev–Trinajstić information content (AvgIpc) is 2.47. The average molecular weight is 323 g/mol. The van der Waals surface area contributed by atoms with Crippen molar-refractivity contribution in [2.75, 3.05) is 38.8 Å². The zero-order chi connectivity index (χ0) is 16.0. The van der Waals surface area contributed by atoms with E-state index in [1.165, 1.54) is 6.26 Å². The molecule has 0 aliphatic carbocycles. The summed E-state index contributed by atoms with van der Waals surface area (Å²) in [5.41, 5.74) is 1.14. The fourth-order valence-corrected chi connectivity index (χ4v) is 4.06. The van der Waals surface area contributed by atoms with Gasteiger partial charge in [0.25, 0.3) is 0 Å². The highest BCUT2D eigenvalue weighted by Crippen LogP contribution is 2.18. The molecule has 2 rings (SSSR count). The summed E-state index contributed by atoms with van der Waals surface area (Å²) in [4.78, 5) is 2.33. The summed E-state index contributed by atoms with van der Waals surface area (Å²) < 4.78 is 28.0. The van der Waals surface area contributed by atoms with Crippen LogP contribution in [0.4, 0.5) is 0 Å². The van der Waals surface area contributed by atoms with Crippen LogP contribution in [-0.4, -0.2) is 52.1 Å². The van der Waals surface area contributed by atoms with Gasteiger partial charge in [-0.05, 0) is 43.0 Å². The molecule has 0 saturated carbocycles. The second kappa shape index (κ2) is 7.79. The standard InChI is InChI=1S/C17H25NO3S/c1-21-17-9-7-15(8-10-17)5-3-11-18-12-4-6-16(13-18)14-22(2,19)20/h3,5,7-10,16H,4,6,11-14H2,1-2H3. The Balaban J connectivity index is 1.83. The normalized spacial score (nSPS) is 20.4. The third-order valence-electron chi connectivity index (χ3n) is 3.93. The highest BCUT2D eigenvalue weighted by Gasteiger charge is 2.22. The van der Waals surface area contributed by atoms with E-state index in [9.17, 15) is 8.42 Å². The van der Waals surface area contributed by atoms with Crippen molar-refractivity contribution in [3.8, 4) is 5.75 Å². The highest BCUT2D eigenvalue weighted by molar-refractivity contribution is 7.90. The lowest BCUT2D eigenvalue weighted by Gasteiger charge is -2.31. The van der Waals surface area contributed by atoms with Crippen molar-refractivity contribution in [1.82, 2.24) is 4.90 Å². The minimum Gasteiger partial charge on any atom is -0.497 e. The Morgan fingerprint density at radius 1 is 1.32 bits per heavy atom. The Hall–Kier alpha value is -1.33. The van der Waals surface area contributed by atoms with E-state index in [1.807, 2.05) is 24.3 Å². The quantitative estimate of drug-likeness (QED) is 0.807. The summed E-state index contributed by atoms with van der Waals surface area (Å²) in [5.74, 6) is 1.45. The van der Waals surface area contributed by atoms with Gasteiger partial charge in [-0.2, -0.15) is 0 Å². The third kappa shape index (κ3) is 5.81. The van der Waals surface area contributed by atoms with Crippen molar-refractivity contribution < 1.29 is 13.2 Å². The Morgan fingerprint density at radius 3 is 2.68 bits per heavy atom. The summed E-state index contributed by atoms with van der Waals surface area (Å²) in [6, 6.07) is 7.95. The van der Waals surface area contributed by atoms with Crippen LogP contribution in [0, 0.1) is 5.92 Å². The van der Waals surface area contributed by atoms with E-state index in [0.717, 1.165) is 43.8 Å². The molecular formula is C17H25NO3S. The molecule has 0 spiro atoms. The molecule has 0 radical (unpaired) electrons. The monoisotopic (exact) mass is 323 g/mol. The van der Waals surface area contributed by atoms with Gasteiger partial charge in [0.1, 0.15) is 15.6 Å². The van der Waals surface area contributed by atoms with Crippen molar-refractivity contribution >= 4 is 15.9 Å². The molecule has 1 aromatic rings. The first kappa shape index (κ1) is 17.0. The van der Waals surface area contributed by atoms with E-state index >= 15 is 0 Å². The molecule has 1 aromatic carbocycles. The van der Waals surface area contributed by atoms with E-state index in [4.69, 9.17) is 4.74 Å². The predicted octanol–water partition coefficient (Wildman–Crippen LogP) is 2.47. The van der Waals surface area contributed by atoms with E-state index < -0.39 is 9.84 Å². The van der Waals surface area contributed by atoms with Crippen molar-refractivity contribution in [1.29, 1.82) is 0 Å². The van der Waals surface area contributed by atoms with Gasteiger partial charge >= 0.3 is 0 Å². The molecule has 1 unspecified atom stereocenters. The van der Waals surface area contributed by atoms with Gasteiger partial charge in [0.15, 0.2) is 0 Å². The fraction of sp³-hybridized carbons (Fsp3) is 0.529. The summed E-state index contributed by atoms with van der Waals surface area (Å²) in [6.07, 6.45) is 7.67. The number of nitrogens with zero attached hydrogens (tertiary/aromatic N) is 1. The molecule has 0 aromatic heterocycles. The van der Waals surface area contributed by atoms with Gasteiger partial charge in [-0.3, -0.25) is 4.90 Å². The summed E-state index contributed by atoms with van der Waals surface area (Å²) in [5, 5.41) is 0. The Kier molecular flexibility index (Phi) is 6.03. The smallest absolute Gasteiger partial charge is 0.147 e. The molecule has 1 fully saturated rings. The Bertz CT molecular complexity index is 593. The maximum atomic E-state index is 11.4. The number of rotatable bonds is 6. The molecule has 1 atom stereocenters. The molecular weight excluding hydrogens is 298 g/mol. The van der Waals surface area contributed by atoms with Gasteiger partial charge in [0, 0.05) is 19.3 Å². The lowest BCUT2D eigenvalue weighted by molar-refractivity contribution is 0.203. The first-order valence-corrected chi connectivity index (χ1v) is 9.73. The Morgan fingerprint density at radius 2 is 2.05 bits per heavy atom. The molecule has 4 nitrogen and oxygen atoms in total. The van der Waals surface area contributed by atoms with Crippen LogP contribution < -0.4 is 4.74 Å². The number of sulfone groups is 1. The highest BCUT2D eigenvalue weighted by atomic mass is 32.2. The summed E-state index contributed by atoms with van der Waals surface area (Å²) >= 11 is 0. The van der Waals surface area contributed by atoms with Crippen LogP contribution in [0.5, 0.6) is 5.75 Å². The topological polar surface area (TPSA) is 46.6 Å². The lowest BCUT2D eigenvalue weighted by atomic mass is 10.00. The van der Waals surface area contributed by atoms with Gasteiger partial charge < -0.3 is 4.74 Å². The second-order valence-corrected chi connectivity index (χ2v) is 8.22. The van der Waals surface area contributed by atoms with Gasteiger partial charge in [0.2, 0.25) is 0 Å². The number of ether oxygens (including phenoxy) is 1. The van der Waals surface area contributed by atoms with Crippen LogP contribution in [0.15, 0.2) is 30.3 Å². The molecule has 1 saturated heterocycles. The van der Waals surface area contributed by atoms with Crippen LogP contribution in [0.1, 0.15) is 18.4 Å². The lowest BCUT2D eigenvalue weighted by Crippen LogP contribution is -2.38. The molecule has 22 heavy (non-hydrogen) atoms. The van der Waals surface area contributed by atoms with Crippen molar-refractivity contribution in [2.24, 2.45) is 5.92 Å². The SMILES string of the molecule is COc1ccc(C=CCN2CCCC(CS(C)(=O)=O)C2)cc1. The molecule has 1 aliphatic rings. The number of hydrogen-bond acceptors (Lipinski definition) is 4. The molecule has 0 bridgehead atoms. The van der Waals surface area contributed by atoms with Crippen molar-refractivity contribution in [3.05, 3.63) is 35.9 Å². The zero-order valence-corrected chi connectivity index (χ0v) is 14.2. The van der Waals surface area contributed by atoms with E-state index in [0.29, 0.717) is 5.75 Å². The number of piperidine rings is 1.